The summed E-state index contributed by atoms with van der Waals surface area (Å²) in [6.07, 6.45) is 4.31. The molecule has 0 amide bonds. The number of benzene rings is 3. The van der Waals surface area contributed by atoms with E-state index in [2.05, 4.69) is 92.1 Å². The lowest BCUT2D eigenvalue weighted by Crippen LogP contribution is -2.15. The van der Waals surface area contributed by atoms with E-state index in [1.807, 2.05) is 29.6 Å². The fourth-order valence-electron chi connectivity index (χ4n) is 4.69. The molecule has 6 rings (SSSR count). The predicted octanol–water partition coefficient (Wildman–Crippen LogP) is 8.87. The first-order valence-corrected chi connectivity index (χ1v) is 14.7. The first-order valence-electron chi connectivity index (χ1n) is 13.0. The Labute approximate surface area is 235 Å². The maximum Gasteiger partial charge on any atom is 0.201 e. The normalized spacial score (nSPS) is 13.3. The fourth-order valence-corrected chi connectivity index (χ4v) is 6.05. The van der Waals surface area contributed by atoms with Gasteiger partial charge in [0, 0.05) is 35.4 Å². The molecule has 0 aliphatic carbocycles. The van der Waals surface area contributed by atoms with Gasteiger partial charge in [-0.3, -0.25) is 10.9 Å². The highest BCUT2D eigenvalue weighted by molar-refractivity contribution is 7.19. The Bertz CT molecular complexity index is 1600. The van der Waals surface area contributed by atoms with Gasteiger partial charge in [0.15, 0.2) is 0 Å². The minimum Gasteiger partial charge on any atom is -0.363 e. The summed E-state index contributed by atoms with van der Waals surface area (Å²) in [4.78, 5) is 6.68. The van der Waals surface area contributed by atoms with Crippen molar-refractivity contribution in [1.82, 2.24) is 4.98 Å². The van der Waals surface area contributed by atoms with Gasteiger partial charge in [-0.2, -0.15) is 0 Å². The van der Waals surface area contributed by atoms with Crippen molar-refractivity contribution in [3.8, 4) is 0 Å². The molecule has 198 valence electrons. The molecular formula is C29H30N8S2. The van der Waals surface area contributed by atoms with E-state index >= 15 is 0 Å². The molecule has 1 saturated heterocycles. The van der Waals surface area contributed by atoms with Crippen molar-refractivity contribution in [2.75, 3.05) is 39.7 Å². The number of hydrazine groups is 2. The molecule has 0 spiro atoms. The van der Waals surface area contributed by atoms with Crippen LogP contribution in [0.2, 0.25) is 0 Å². The number of hydrogen-bond acceptors (Lipinski definition) is 10. The van der Waals surface area contributed by atoms with Gasteiger partial charge in [0.25, 0.3) is 0 Å². The van der Waals surface area contributed by atoms with Gasteiger partial charge in [0.05, 0.1) is 27.8 Å². The Hall–Kier alpha value is -4.15. The van der Waals surface area contributed by atoms with Crippen molar-refractivity contribution < 1.29 is 0 Å². The largest absolute Gasteiger partial charge is 0.363 e. The second-order valence-corrected chi connectivity index (χ2v) is 11.4. The molecule has 0 radical (unpaired) electrons. The van der Waals surface area contributed by atoms with Gasteiger partial charge in [0.2, 0.25) is 5.13 Å². The Morgan fingerprint density at radius 1 is 0.769 bits per heavy atom. The van der Waals surface area contributed by atoms with Crippen molar-refractivity contribution in [2.45, 2.75) is 26.7 Å². The van der Waals surface area contributed by atoms with Gasteiger partial charge in [0.1, 0.15) is 5.00 Å². The van der Waals surface area contributed by atoms with E-state index in [-0.39, 0.29) is 0 Å². The number of aromatic nitrogens is 1. The SMILES string of the molecule is Cc1cc(NNc2ccc(N=Nc3ccc(N4CCCC4)s3)c3ccccc23)c(C)cc1NNc1nccs1. The monoisotopic (exact) mass is 554 g/mol. The highest BCUT2D eigenvalue weighted by atomic mass is 32.1. The molecule has 1 aliphatic heterocycles. The third-order valence-electron chi connectivity index (χ3n) is 6.79. The van der Waals surface area contributed by atoms with Crippen LogP contribution in [-0.4, -0.2) is 18.1 Å². The second-order valence-electron chi connectivity index (χ2n) is 9.50. The summed E-state index contributed by atoms with van der Waals surface area (Å²) in [5.41, 5.74) is 19.3. The number of thiazole rings is 1. The number of rotatable bonds is 9. The Morgan fingerprint density at radius 2 is 1.49 bits per heavy atom. The predicted molar refractivity (Wildman–Crippen MR) is 166 cm³/mol. The Morgan fingerprint density at radius 3 is 2.23 bits per heavy atom. The molecule has 8 nitrogen and oxygen atoms in total. The lowest BCUT2D eigenvalue weighted by molar-refractivity contribution is 0.949. The van der Waals surface area contributed by atoms with Crippen molar-refractivity contribution in [3.05, 3.63) is 83.4 Å². The minimum atomic E-state index is 0.827. The van der Waals surface area contributed by atoms with E-state index in [1.165, 1.54) is 17.8 Å². The summed E-state index contributed by atoms with van der Waals surface area (Å²) in [7, 11) is 0. The molecule has 1 aliphatic rings. The maximum atomic E-state index is 4.63. The fraction of sp³-hybridized carbons (Fsp3) is 0.207. The number of aryl methyl sites for hydroxylation is 2. The zero-order valence-corrected chi connectivity index (χ0v) is 23.5. The number of thiophene rings is 1. The van der Waals surface area contributed by atoms with E-state index in [0.29, 0.717) is 0 Å². The van der Waals surface area contributed by atoms with Crippen LogP contribution in [0.25, 0.3) is 10.8 Å². The number of fused-ring (bicyclic) bond motifs is 1. The Balaban J connectivity index is 1.17. The summed E-state index contributed by atoms with van der Waals surface area (Å²) in [6, 6.07) is 20.8. The molecule has 3 heterocycles. The van der Waals surface area contributed by atoms with Crippen molar-refractivity contribution in [1.29, 1.82) is 0 Å². The zero-order valence-electron chi connectivity index (χ0n) is 21.9. The second kappa shape index (κ2) is 11.3. The van der Waals surface area contributed by atoms with Crippen LogP contribution in [0, 0.1) is 13.8 Å². The smallest absolute Gasteiger partial charge is 0.201 e. The quantitative estimate of drug-likeness (QED) is 0.107. The standard InChI is InChI=1S/C29H30N8S2/c1-19-18-26(34-36-29-30-13-16-38-29)20(2)17-25(19)33-31-23-9-10-24(22-8-4-3-7-21(22)23)32-35-27-11-12-28(39-27)37-14-5-6-15-37/h3-4,7-13,16-18,31,33-34H,5-6,14-15H2,1-2H3,(H,30,36). The third kappa shape index (κ3) is 5.67. The summed E-state index contributed by atoms with van der Waals surface area (Å²) in [5, 5.41) is 16.3. The third-order valence-corrected chi connectivity index (χ3v) is 8.51. The van der Waals surface area contributed by atoms with Gasteiger partial charge >= 0.3 is 0 Å². The van der Waals surface area contributed by atoms with E-state index in [9.17, 15) is 0 Å². The van der Waals surface area contributed by atoms with Gasteiger partial charge in [-0.1, -0.05) is 35.6 Å². The highest BCUT2D eigenvalue weighted by Crippen LogP contribution is 2.37. The number of azo groups is 1. The van der Waals surface area contributed by atoms with Gasteiger partial charge < -0.3 is 15.8 Å². The van der Waals surface area contributed by atoms with Gasteiger partial charge in [-0.25, -0.2) is 4.98 Å². The van der Waals surface area contributed by atoms with Crippen molar-refractivity contribution in [2.24, 2.45) is 10.2 Å². The molecular weight excluding hydrogens is 525 g/mol. The molecule has 5 aromatic rings. The topological polar surface area (TPSA) is 89.0 Å². The summed E-state index contributed by atoms with van der Waals surface area (Å²) >= 11 is 3.25. The van der Waals surface area contributed by atoms with E-state index in [1.54, 1.807) is 28.9 Å². The van der Waals surface area contributed by atoms with Crippen LogP contribution < -0.4 is 26.6 Å². The van der Waals surface area contributed by atoms with Crippen LogP contribution >= 0.6 is 22.7 Å². The molecule has 3 aromatic carbocycles. The van der Waals surface area contributed by atoms with Gasteiger partial charge in [-0.05, 0) is 74.2 Å². The van der Waals surface area contributed by atoms with Crippen LogP contribution in [-0.2, 0) is 0 Å². The molecule has 4 N–H and O–H groups in total. The maximum absolute atomic E-state index is 4.63. The minimum absolute atomic E-state index is 0.827. The van der Waals surface area contributed by atoms with Crippen molar-refractivity contribution in [3.63, 3.8) is 0 Å². The molecule has 0 bridgehead atoms. The van der Waals surface area contributed by atoms with Crippen LogP contribution in [0.1, 0.15) is 24.0 Å². The molecule has 39 heavy (non-hydrogen) atoms. The summed E-state index contributed by atoms with van der Waals surface area (Å²) in [6.45, 7) is 6.43. The van der Waals surface area contributed by atoms with Crippen LogP contribution in [0.5, 0.6) is 0 Å². The lowest BCUT2D eigenvalue weighted by atomic mass is 10.1. The average molecular weight is 555 g/mol. The van der Waals surface area contributed by atoms with Crippen LogP contribution in [0.4, 0.5) is 37.9 Å². The number of nitrogens with zero attached hydrogens (tertiary/aromatic N) is 4. The lowest BCUT2D eigenvalue weighted by Gasteiger charge is -2.17. The molecule has 0 unspecified atom stereocenters. The molecule has 0 atom stereocenters. The molecule has 2 aromatic heterocycles. The van der Waals surface area contributed by atoms with Gasteiger partial charge in [-0.15, -0.1) is 21.6 Å². The number of anilines is 5. The zero-order chi connectivity index (χ0) is 26.6. The highest BCUT2D eigenvalue weighted by Gasteiger charge is 2.14. The number of hydrogen-bond donors (Lipinski definition) is 4. The number of nitrogens with one attached hydrogen (secondary N) is 4. The molecule has 0 saturated carbocycles. The summed E-state index contributed by atoms with van der Waals surface area (Å²) < 4.78 is 0. The first-order chi connectivity index (χ1) is 19.1. The van der Waals surface area contributed by atoms with Crippen LogP contribution in [0.15, 0.2) is 82.5 Å². The molecule has 10 heteroatoms. The van der Waals surface area contributed by atoms with E-state index < -0.39 is 0 Å². The Kier molecular flexibility index (Phi) is 7.29. The first kappa shape index (κ1) is 25.1. The average Bonchev–Trinajstić information content (AvgIpc) is 3.75. The van der Waals surface area contributed by atoms with E-state index in [4.69, 9.17) is 0 Å². The van der Waals surface area contributed by atoms with Crippen LogP contribution in [0.3, 0.4) is 0 Å². The van der Waals surface area contributed by atoms with E-state index in [0.717, 1.165) is 67.9 Å². The van der Waals surface area contributed by atoms with Crippen molar-refractivity contribution >= 4 is 71.3 Å². The summed E-state index contributed by atoms with van der Waals surface area (Å²) in [5.74, 6) is 0. The molecule has 1 fully saturated rings.